The zero-order valence-electron chi connectivity index (χ0n) is 3.10. The first kappa shape index (κ1) is 29.3. The van der Waals surface area contributed by atoms with E-state index in [1.807, 2.05) is 0 Å². The Kier molecular flexibility index (Phi) is 245. The van der Waals surface area contributed by atoms with Crippen LogP contribution in [0.25, 0.3) is 0 Å². The average molecular weight is 316 g/mol. The third-order valence-corrected chi connectivity index (χ3v) is 0. The molecule has 0 bridgehead atoms. The molecule has 0 rings (SSSR count). The molecule has 1 nitrogen and oxygen atoms in total. The van der Waals surface area contributed by atoms with Gasteiger partial charge in [0.1, 0.15) is 0 Å². The summed E-state index contributed by atoms with van der Waals surface area (Å²) < 4.78 is 0. The molecule has 0 saturated carbocycles. The SMILES string of the molecule is CN.Cl.I.[SnH2]. The molecule has 0 unspecified atom stereocenters. The molecule has 0 fully saturated rings. The molecule has 0 aromatic carbocycles. The van der Waals surface area contributed by atoms with Gasteiger partial charge in [0.05, 0.1) is 0 Å². The fourth-order valence-electron chi connectivity index (χ4n) is 0. The second-order valence-electron chi connectivity index (χ2n) is 0. The molecule has 0 amide bonds. The normalized spacial score (nSPS) is 1.20. The molecule has 0 saturated heterocycles. The van der Waals surface area contributed by atoms with Gasteiger partial charge >= 0.3 is 23.9 Å². The van der Waals surface area contributed by atoms with E-state index < -0.39 is 0 Å². The molecule has 2 radical (unpaired) electrons. The molecule has 0 atom stereocenters. The first-order valence-corrected chi connectivity index (χ1v) is 0.577. The van der Waals surface area contributed by atoms with Gasteiger partial charge in [-0.25, -0.2) is 0 Å². The Hall–Kier alpha value is 1.78. The quantitative estimate of drug-likeness (QED) is 0.482. The van der Waals surface area contributed by atoms with Gasteiger partial charge in [0.2, 0.25) is 0 Å². The van der Waals surface area contributed by atoms with E-state index in [-0.39, 0.29) is 60.3 Å². The van der Waals surface area contributed by atoms with Crippen LogP contribution in [-0.2, 0) is 0 Å². The summed E-state index contributed by atoms with van der Waals surface area (Å²) in [4.78, 5) is 0. The standard InChI is InChI=1S/CH5N.ClH.HI.Sn.2H/c1-2;;;;;/h2H2,1H3;2*1H;;;. The van der Waals surface area contributed by atoms with Crippen LogP contribution in [0, 0.1) is 0 Å². The van der Waals surface area contributed by atoms with E-state index in [1.165, 1.54) is 7.05 Å². The van der Waals surface area contributed by atoms with Crippen molar-refractivity contribution in [3.63, 3.8) is 0 Å². The summed E-state index contributed by atoms with van der Waals surface area (Å²) in [5.41, 5.74) is 4.50. The molecule has 0 spiro atoms. The molecule has 4 heteroatoms. The molecule has 0 aliphatic carbocycles. The topological polar surface area (TPSA) is 26.0 Å². The summed E-state index contributed by atoms with van der Waals surface area (Å²) in [6.07, 6.45) is 0. The van der Waals surface area contributed by atoms with Gasteiger partial charge in [-0.1, -0.05) is 0 Å². The number of nitrogens with two attached hydrogens (primary N) is 1. The summed E-state index contributed by atoms with van der Waals surface area (Å²) >= 11 is 0. The van der Waals surface area contributed by atoms with E-state index in [0.717, 1.165) is 0 Å². The van der Waals surface area contributed by atoms with Crippen molar-refractivity contribution >= 4 is 60.3 Å². The average Bonchev–Trinajstić information content (AvgIpc) is 1.00. The molecule has 0 aromatic rings. The summed E-state index contributed by atoms with van der Waals surface area (Å²) in [5.74, 6) is 0. The molecule has 0 aliphatic rings. The summed E-state index contributed by atoms with van der Waals surface area (Å²) in [7, 11) is 1.50. The molecule has 0 aromatic heterocycles. The monoisotopic (exact) mass is 317 g/mol. The molecular weight excluding hydrogens is 307 g/mol. The Morgan fingerprint density at radius 1 is 1.20 bits per heavy atom. The van der Waals surface area contributed by atoms with Crippen LogP contribution in [0.3, 0.4) is 0 Å². The van der Waals surface area contributed by atoms with Crippen LogP contribution in [-0.4, -0.2) is 31.0 Å². The predicted octanol–water partition coefficient (Wildman–Crippen LogP) is -0.301. The van der Waals surface area contributed by atoms with Crippen LogP contribution in [0.4, 0.5) is 0 Å². The maximum absolute atomic E-state index is 4.50. The van der Waals surface area contributed by atoms with Crippen molar-refractivity contribution in [3.05, 3.63) is 0 Å². The molecular formula is CH9ClINSn. The van der Waals surface area contributed by atoms with Crippen molar-refractivity contribution in [2.24, 2.45) is 5.73 Å². The van der Waals surface area contributed by atoms with Gasteiger partial charge in [-0.15, -0.1) is 36.4 Å². The van der Waals surface area contributed by atoms with Crippen LogP contribution < -0.4 is 5.73 Å². The fraction of sp³-hybridized carbons (Fsp3) is 1.00. The zero-order valence-corrected chi connectivity index (χ0v) is 10.3. The minimum atomic E-state index is 0. The van der Waals surface area contributed by atoms with Crippen LogP contribution in [0.1, 0.15) is 0 Å². The van der Waals surface area contributed by atoms with E-state index in [9.17, 15) is 0 Å². The van der Waals surface area contributed by atoms with Gasteiger partial charge < -0.3 is 5.73 Å². The third-order valence-electron chi connectivity index (χ3n) is 0. The molecule has 0 aliphatic heterocycles. The van der Waals surface area contributed by atoms with Crippen molar-refractivity contribution in [1.29, 1.82) is 0 Å². The van der Waals surface area contributed by atoms with Crippen LogP contribution in [0.2, 0.25) is 0 Å². The van der Waals surface area contributed by atoms with E-state index in [4.69, 9.17) is 0 Å². The Labute approximate surface area is 72.5 Å². The maximum atomic E-state index is 4.50. The Morgan fingerprint density at radius 2 is 1.20 bits per heavy atom. The third kappa shape index (κ3) is 26.1. The molecule has 5 heavy (non-hydrogen) atoms. The van der Waals surface area contributed by atoms with Gasteiger partial charge in [-0.05, 0) is 7.05 Å². The van der Waals surface area contributed by atoms with Crippen molar-refractivity contribution in [1.82, 2.24) is 0 Å². The molecule has 2 N–H and O–H groups in total. The summed E-state index contributed by atoms with van der Waals surface area (Å²) in [6, 6.07) is 0. The van der Waals surface area contributed by atoms with E-state index in [0.29, 0.717) is 0 Å². The van der Waals surface area contributed by atoms with Gasteiger partial charge in [-0.3, -0.25) is 0 Å². The molecule has 36 valence electrons. The summed E-state index contributed by atoms with van der Waals surface area (Å²) in [5, 5.41) is 0. The number of hydrogen-bond donors (Lipinski definition) is 1. The number of halogens is 2. The molecule has 0 heterocycles. The van der Waals surface area contributed by atoms with Crippen molar-refractivity contribution in [3.8, 4) is 0 Å². The zero-order chi connectivity index (χ0) is 2.00. The van der Waals surface area contributed by atoms with Crippen molar-refractivity contribution in [2.45, 2.75) is 0 Å². The van der Waals surface area contributed by atoms with Crippen LogP contribution in [0.5, 0.6) is 0 Å². The van der Waals surface area contributed by atoms with Gasteiger partial charge in [0.15, 0.2) is 0 Å². The Balaban J connectivity index is -0.00000000167. The van der Waals surface area contributed by atoms with Crippen molar-refractivity contribution in [2.75, 3.05) is 7.05 Å². The first-order valence-electron chi connectivity index (χ1n) is 0.577. The van der Waals surface area contributed by atoms with E-state index in [2.05, 4.69) is 5.73 Å². The van der Waals surface area contributed by atoms with Gasteiger partial charge in [-0.2, -0.15) is 0 Å². The number of hydrogen-bond acceptors (Lipinski definition) is 1. The fourth-order valence-corrected chi connectivity index (χ4v) is 0. The van der Waals surface area contributed by atoms with Crippen molar-refractivity contribution < 1.29 is 0 Å². The second kappa shape index (κ2) is 41.7. The summed E-state index contributed by atoms with van der Waals surface area (Å²) in [6.45, 7) is 0. The van der Waals surface area contributed by atoms with Gasteiger partial charge in [0, 0.05) is 0 Å². The number of rotatable bonds is 0. The second-order valence-corrected chi connectivity index (χ2v) is 0. The predicted molar refractivity (Wildman–Crippen MR) is 41.3 cm³/mol. The van der Waals surface area contributed by atoms with Gasteiger partial charge in [0.25, 0.3) is 0 Å². The van der Waals surface area contributed by atoms with E-state index >= 15 is 0 Å². The first-order chi connectivity index (χ1) is 1.00. The van der Waals surface area contributed by atoms with E-state index in [1.54, 1.807) is 0 Å². The Bertz CT molecular complexity index is 11.6. The Morgan fingerprint density at radius 3 is 1.20 bits per heavy atom. The minimum absolute atomic E-state index is 0. The van der Waals surface area contributed by atoms with Crippen LogP contribution >= 0.6 is 36.4 Å². The van der Waals surface area contributed by atoms with Crippen LogP contribution in [0.15, 0.2) is 0 Å².